The fraction of sp³-hybridized carbons (Fsp3) is 0.438. The van der Waals surface area contributed by atoms with Crippen LogP contribution in [0, 0.1) is 20.8 Å². The quantitative estimate of drug-likeness (QED) is 0.312. The van der Waals surface area contributed by atoms with E-state index < -0.39 is 0 Å². The molecule has 0 amide bonds. The molecule has 0 spiro atoms. The Balaban J connectivity index is 0.000000484. The summed E-state index contributed by atoms with van der Waals surface area (Å²) >= 11 is 0. The first kappa shape index (κ1) is 32.9. The van der Waals surface area contributed by atoms with E-state index in [1.165, 1.54) is 28.7 Å². The molecule has 0 fully saturated rings. The summed E-state index contributed by atoms with van der Waals surface area (Å²) in [4.78, 5) is 0. The number of benzene rings is 3. The fourth-order valence-electron chi connectivity index (χ4n) is 4.18. The predicted octanol–water partition coefficient (Wildman–Crippen LogP) is 8.56. The maximum atomic E-state index is 5.50. The van der Waals surface area contributed by atoms with Gasteiger partial charge in [-0.1, -0.05) is 66.1 Å². The van der Waals surface area contributed by atoms with Crippen LogP contribution < -0.4 is 18.9 Å². The highest BCUT2D eigenvalue weighted by Crippen LogP contribution is 2.32. The molecule has 200 valence electrons. The van der Waals surface area contributed by atoms with Crippen LogP contribution in [-0.4, -0.2) is 26.4 Å². The molecule has 0 unspecified atom stereocenters. The average Bonchev–Trinajstić information content (AvgIpc) is 3.31. The molecule has 3 aromatic carbocycles. The number of fused-ring (bicyclic) bond motifs is 3. The number of ether oxygens (including phenoxy) is 4. The zero-order chi connectivity index (χ0) is 22.3. The van der Waals surface area contributed by atoms with Gasteiger partial charge in [-0.3, -0.25) is 0 Å². The Bertz CT molecular complexity index is 1000. The van der Waals surface area contributed by atoms with Crippen LogP contribution in [0.25, 0.3) is 0 Å². The molecule has 0 aliphatic carbocycles. The van der Waals surface area contributed by atoms with Gasteiger partial charge in [0.05, 0.1) is 13.2 Å². The second-order valence-corrected chi connectivity index (χ2v) is 8.25. The van der Waals surface area contributed by atoms with Gasteiger partial charge in [-0.25, -0.2) is 0 Å². The minimum Gasteiger partial charge on any atom is -0.493 e. The van der Waals surface area contributed by atoms with E-state index in [0.717, 1.165) is 54.6 Å². The molecular formula is C32H48O4. The monoisotopic (exact) mass is 496 g/mol. The molecule has 3 aliphatic heterocycles. The number of para-hydroxylation sites is 1. The van der Waals surface area contributed by atoms with Gasteiger partial charge in [0.15, 0.2) is 11.5 Å². The zero-order valence-electron chi connectivity index (χ0n) is 19.3. The van der Waals surface area contributed by atoms with E-state index in [-0.39, 0.29) is 29.7 Å². The van der Waals surface area contributed by atoms with Crippen molar-refractivity contribution in [2.24, 2.45) is 0 Å². The van der Waals surface area contributed by atoms with Crippen molar-refractivity contribution in [1.82, 2.24) is 0 Å². The molecule has 3 aliphatic rings. The summed E-state index contributed by atoms with van der Waals surface area (Å²) in [7, 11) is 0. The Morgan fingerprint density at radius 1 is 0.472 bits per heavy atom. The normalized spacial score (nSPS) is 13.2. The molecule has 36 heavy (non-hydrogen) atoms. The maximum absolute atomic E-state index is 5.50. The van der Waals surface area contributed by atoms with Gasteiger partial charge < -0.3 is 18.9 Å². The highest BCUT2D eigenvalue weighted by Gasteiger charge is 2.13. The fourth-order valence-corrected chi connectivity index (χ4v) is 4.18. The summed E-state index contributed by atoms with van der Waals surface area (Å²) in [6.45, 7) is 9.37. The van der Waals surface area contributed by atoms with Gasteiger partial charge in [-0.15, -0.1) is 0 Å². The lowest BCUT2D eigenvalue weighted by Gasteiger charge is -2.19. The summed E-state index contributed by atoms with van der Waals surface area (Å²) in [6.07, 6.45) is 3.43. The molecule has 0 aromatic heterocycles. The maximum Gasteiger partial charge on any atom is 0.164 e. The Morgan fingerprint density at radius 3 is 1.53 bits per heavy atom. The summed E-state index contributed by atoms with van der Waals surface area (Å²) in [5, 5.41) is 0. The Labute approximate surface area is 220 Å². The third kappa shape index (κ3) is 7.94. The van der Waals surface area contributed by atoms with Crippen LogP contribution >= 0.6 is 0 Å². The predicted molar refractivity (Wildman–Crippen MR) is 154 cm³/mol. The average molecular weight is 497 g/mol. The lowest BCUT2D eigenvalue weighted by atomic mass is 10.0. The lowest BCUT2D eigenvalue weighted by molar-refractivity contribution is 0.170. The van der Waals surface area contributed by atoms with E-state index in [0.29, 0.717) is 13.2 Å². The first-order chi connectivity index (χ1) is 15.6. The molecule has 3 heterocycles. The molecule has 0 radical (unpaired) electrons. The smallest absolute Gasteiger partial charge is 0.164 e. The van der Waals surface area contributed by atoms with E-state index in [1.54, 1.807) is 0 Å². The number of hydrogen-bond acceptors (Lipinski definition) is 4. The van der Waals surface area contributed by atoms with E-state index in [1.807, 2.05) is 37.3 Å². The highest BCUT2D eigenvalue weighted by molar-refractivity contribution is 5.46. The Morgan fingerprint density at radius 2 is 0.944 bits per heavy atom. The number of aryl methyl sites for hydroxylation is 3. The van der Waals surface area contributed by atoms with Gasteiger partial charge in [-0.05, 0) is 74.1 Å². The van der Waals surface area contributed by atoms with Gasteiger partial charge in [0.1, 0.15) is 24.7 Å². The Kier molecular flexibility index (Phi) is 14.4. The van der Waals surface area contributed by atoms with E-state index in [2.05, 4.69) is 38.1 Å². The molecule has 0 saturated heterocycles. The molecule has 0 bridgehead atoms. The topological polar surface area (TPSA) is 36.9 Å². The van der Waals surface area contributed by atoms with Crippen LogP contribution in [0.5, 0.6) is 23.0 Å². The van der Waals surface area contributed by atoms with Crippen molar-refractivity contribution < 1.29 is 18.9 Å². The first-order valence-corrected chi connectivity index (χ1v) is 11.4. The lowest BCUT2D eigenvalue weighted by Crippen LogP contribution is -2.15. The highest BCUT2D eigenvalue weighted by atomic mass is 16.6. The number of hydrogen-bond donors (Lipinski definition) is 0. The van der Waals surface area contributed by atoms with Crippen molar-refractivity contribution in [2.75, 3.05) is 26.4 Å². The van der Waals surface area contributed by atoms with Crippen molar-refractivity contribution >= 4 is 0 Å². The van der Waals surface area contributed by atoms with Crippen LogP contribution in [0.2, 0.25) is 0 Å². The van der Waals surface area contributed by atoms with Crippen molar-refractivity contribution in [3.8, 4) is 23.0 Å². The van der Waals surface area contributed by atoms with E-state index in [9.17, 15) is 0 Å². The van der Waals surface area contributed by atoms with Crippen LogP contribution in [0.3, 0.4) is 0 Å². The Hall–Kier alpha value is -3.14. The van der Waals surface area contributed by atoms with Gasteiger partial charge in [-0.2, -0.15) is 0 Å². The molecule has 3 aromatic rings. The zero-order valence-corrected chi connectivity index (χ0v) is 19.3. The molecule has 0 atom stereocenters. The third-order valence-corrected chi connectivity index (χ3v) is 5.94. The van der Waals surface area contributed by atoms with Crippen molar-refractivity contribution in [3.05, 3.63) is 82.4 Å². The largest absolute Gasteiger partial charge is 0.493 e. The molecule has 4 heteroatoms. The number of rotatable bonds is 0. The third-order valence-electron chi connectivity index (χ3n) is 5.94. The summed E-state index contributed by atoms with van der Waals surface area (Å²) < 4.78 is 21.7. The first-order valence-electron chi connectivity index (χ1n) is 11.4. The van der Waals surface area contributed by atoms with Gasteiger partial charge in [0, 0.05) is 12.0 Å². The van der Waals surface area contributed by atoms with Crippen molar-refractivity contribution in [2.45, 2.75) is 69.7 Å². The summed E-state index contributed by atoms with van der Waals surface area (Å²) in [5.41, 5.74) is 6.65. The molecule has 0 saturated carbocycles. The van der Waals surface area contributed by atoms with Crippen LogP contribution in [0.15, 0.2) is 54.6 Å². The van der Waals surface area contributed by atoms with E-state index >= 15 is 0 Å². The standard InChI is InChI=1S/C10H12O.C9H10O2.C9H10O.4CH4/c1-8-4-2-6-10-9(8)5-3-7-11-10;1-7-3-2-4-8-9(7)11-6-5-10-8;1-7-3-2-4-9-8(7)5-6-10-9;;;;/h2,4,6H,3,5,7H2,1H3;2-4H,5-6H2,1H3;2-4H,5-6H2,1H3;4*1H4. The van der Waals surface area contributed by atoms with Crippen molar-refractivity contribution in [3.63, 3.8) is 0 Å². The van der Waals surface area contributed by atoms with Crippen molar-refractivity contribution in [1.29, 1.82) is 0 Å². The van der Waals surface area contributed by atoms with Crippen LogP contribution in [0.1, 0.15) is 63.9 Å². The second-order valence-electron chi connectivity index (χ2n) is 8.25. The van der Waals surface area contributed by atoms with Gasteiger partial charge in [0.25, 0.3) is 0 Å². The molecule has 0 N–H and O–H groups in total. The summed E-state index contributed by atoms with van der Waals surface area (Å²) in [5.74, 6) is 3.95. The molecular weight excluding hydrogens is 448 g/mol. The summed E-state index contributed by atoms with van der Waals surface area (Å²) in [6, 6.07) is 18.4. The second kappa shape index (κ2) is 15.8. The van der Waals surface area contributed by atoms with Crippen LogP contribution in [0.4, 0.5) is 0 Å². The van der Waals surface area contributed by atoms with E-state index in [4.69, 9.17) is 18.9 Å². The minimum absolute atomic E-state index is 0. The molecule has 4 nitrogen and oxygen atoms in total. The molecule has 6 rings (SSSR count). The van der Waals surface area contributed by atoms with Gasteiger partial charge >= 0.3 is 0 Å². The van der Waals surface area contributed by atoms with Crippen LogP contribution in [-0.2, 0) is 12.8 Å². The van der Waals surface area contributed by atoms with Gasteiger partial charge in [0.2, 0.25) is 0 Å². The SMILES string of the molecule is C.C.C.C.Cc1cccc2c1CCCO2.Cc1cccc2c1CCO2.Cc1cccc2c1OCCO2. The minimum atomic E-state index is 0.